The molecule has 6 heteroatoms. The number of nitrogens with one attached hydrogen (secondary N) is 1. The molecule has 120 valence electrons. The Kier molecular flexibility index (Phi) is 4.52. The van der Waals surface area contributed by atoms with Gasteiger partial charge >= 0.3 is 6.18 Å². The third kappa shape index (κ3) is 3.10. The SMILES string of the molecule is Cc1cc(-c2cc(C(F)(F)F)cc[nH+]2)c(N)c2ccccc12.Cl. The van der Waals surface area contributed by atoms with E-state index in [1.165, 1.54) is 6.20 Å². The van der Waals surface area contributed by atoms with Crippen LogP contribution in [0.15, 0.2) is 48.7 Å². The summed E-state index contributed by atoms with van der Waals surface area (Å²) in [5.74, 6) is 0. The van der Waals surface area contributed by atoms with E-state index in [1.54, 1.807) is 0 Å². The van der Waals surface area contributed by atoms with Crippen LogP contribution in [-0.4, -0.2) is 0 Å². The van der Waals surface area contributed by atoms with Crippen LogP contribution in [0.5, 0.6) is 0 Å². The number of fused-ring (bicyclic) bond motifs is 1. The largest absolute Gasteiger partial charge is 0.416 e. The molecule has 3 N–H and O–H groups in total. The van der Waals surface area contributed by atoms with Crippen molar-refractivity contribution >= 4 is 28.9 Å². The van der Waals surface area contributed by atoms with Crippen molar-refractivity contribution in [3.63, 3.8) is 0 Å². The number of H-pyrrole nitrogens is 1. The van der Waals surface area contributed by atoms with Gasteiger partial charge in [-0.05, 0) is 23.9 Å². The van der Waals surface area contributed by atoms with Gasteiger partial charge in [-0.2, -0.15) is 13.2 Å². The molecule has 3 rings (SSSR count). The summed E-state index contributed by atoms with van der Waals surface area (Å²) in [6.45, 7) is 1.92. The Bertz CT molecular complexity index is 860. The molecule has 0 aliphatic rings. The van der Waals surface area contributed by atoms with Gasteiger partial charge in [0.15, 0.2) is 6.20 Å². The molecule has 0 unspecified atom stereocenters. The van der Waals surface area contributed by atoms with Crippen LogP contribution in [0.1, 0.15) is 11.1 Å². The quantitative estimate of drug-likeness (QED) is 0.644. The van der Waals surface area contributed by atoms with Crippen LogP contribution in [0.25, 0.3) is 22.0 Å². The fraction of sp³-hybridized carbons (Fsp3) is 0.118. The number of halogens is 4. The molecule has 0 amide bonds. The summed E-state index contributed by atoms with van der Waals surface area (Å²) in [4.78, 5) is 2.85. The maximum atomic E-state index is 12.9. The Labute approximate surface area is 137 Å². The van der Waals surface area contributed by atoms with E-state index in [0.717, 1.165) is 28.5 Å². The van der Waals surface area contributed by atoms with Gasteiger partial charge in [-0.15, -0.1) is 12.4 Å². The monoisotopic (exact) mass is 339 g/mol. The molecule has 23 heavy (non-hydrogen) atoms. The fourth-order valence-electron chi connectivity index (χ4n) is 2.60. The number of benzene rings is 2. The minimum atomic E-state index is -4.38. The Morgan fingerprint density at radius 2 is 1.65 bits per heavy atom. The van der Waals surface area contributed by atoms with E-state index in [4.69, 9.17) is 5.73 Å². The molecule has 0 saturated heterocycles. The number of hydrogen-bond donors (Lipinski definition) is 1. The van der Waals surface area contributed by atoms with Crippen molar-refractivity contribution in [1.29, 1.82) is 0 Å². The summed E-state index contributed by atoms with van der Waals surface area (Å²) < 4.78 is 38.6. The molecule has 0 radical (unpaired) electrons. The van der Waals surface area contributed by atoms with Crippen molar-refractivity contribution in [1.82, 2.24) is 0 Å². The second kappa shape index (κ2) is 6.08. The van der Waals surface area contributed by atoms with E-state index in [-0.39, 0.29) is 12.4 Å². The normalized spacial score (nSPS) is 11.3. The first-order valence-electron chi connectivity index (χ1n) is 6.75. The second-order valence-electron chi connectivity index (χ2n) is 5.19. The summed E-state index contributed by atoms with van der Waals surface area (Å²) >= 11 is 0. The van der Waals surface area contributed by atoms with Crippen LogP contribution in [0.2, 0.25) is 0 Å². The molecule has 0 fully saturated rings. The van der Waals surface area contributed by atoms with E-state index in [9.17, 15) is 13.2 Å². The number of hydrogen-bond acceptors (Lipinski definition) is 1. The van der Waals surface area contributed by atoms with Gasteiger partial charge in [0, 0.05) is 17.5 Å². The lowest BCUT2D eigenvalue weighted by molar-refractivity contribution is -0.365. The Balaban J connectivity index is 0.00000192. The summed E-state index contributed by atoms with van der Waals surface area (Å²) in [5.41, 5.74) is 7.83. The molecule has 0 bridgehead atoms. The average molecular weight is 340 g/mol. The molecule has 0 aliphatic carbocycles. The van der Waals surface area contributed by atoms with Crippen LogP contribution in [0, 0.1) is 6.92 Å². The fourth-order valence-corrected chi connectivity index (χ4v) is 2.60. The van der Waals surface area contributed by atoms with Crippen molar-refractivity contribution in [3.8, 4) is 11.3 Å². The molecule has 0 atom stereocenters. The summed E-state index contributed by atoms with van der Waals surface area (Å²) in [5, 5.41) is 1.83. The molecule has 2 aromatic carbocycles. The second-order valence-corrected chi connectivity index (χ2v) is 5.19. The zero-order chi connectivity index (χ0) is 15.9. The van der Waals surface area contributed by atoms with Gasteiger partial charge in [-0.1, -0.05) is 24.3 Å². The van der Waals surface area contributed by atoms with Crippen molar-refractivity contribution in [2.75, 3.05) is 5.73 Å². The third-order valence-electron chi connectivity index (χ3n) is 3.71. The van der Waals surface area contributed by atoms with E-state index >= 15 is 0 Å². The maximum Gasteiger partial charge on any atom is 0.416 e. The minimum absolute atomic E-state index is 0. The molecule has 0 aliphatic heterocycles. The van der Waals surface area contributed by atoms with Crippen LogP contribution < -0.4 is 10.7 Å². The smallest absolute Gasteiger partial charge is 0.398 e. The number of alkyl halides is 3. The van der Waals surface area contributed by atoms with Crippen LogP contribution in [0.4, 0.5) is 18.9 Å². The lowest BCUT2D eigenvalue weighted by Crippen LogP contribution is -2.13. The van der Waals surface area contributed by atoms with Crippen molar-refractivity contribution in [2.24, 2.45) is 0 Å². The van der Waals surface area contributed by atoms with Gasteiger partial charge in [-0.25, -0.2) is 4.98 Å². The Morgan fingerprint density at radius 1 is 1.00 bits per heavy atom. The third-order valence-corrected chi connectivity index (χ3v) is 3.71. The first kappa shape index (κ1) is 17.1. The van der Waals surface area contributed by atoms with Crippen molar-refractivity contribution in [3.05, 3.63) is 59.8 Å². The highest BCUT2D eigenvalue weighted by Crippen LogP contribution is 2.35. The molecule has 1 aromatic heterocycles. The van der Waals surface area contributed by atoms with Crippen LogP contribution in [0.3, 0.4) is 0 Å². The summed E-state index contributed by atoms with van der Waals surface area (Å²) in [6.07, 6.45) is -3.10. The highest BCUT2D eigenvalue weighted by molar-refractivity contribution is 6.01. The molecule has 0 spiro atoms. The van der Waals surface area contributed by atoms with Gasteiger partial charge < -0.3 is 5.73 Å². The van der Waals surface area contributed by atoms with Crippen molar-refractivity contribution in [2.45, 2.75) is 13.1 Å². The number of rotatable bonds is 1. The number of aromatic amines is 1. The molecule has 3 aromatic rings. The van der Waals surface area contributed by atoms with Gasteiger partial charge in [0.25, 0.3) is 0 Å². The first-order valence-corrected chi connectivity index (χ1v) is 6.75. The minimum Gasteiger partial charge on any atom is -0.398 e. The van der Waals surface area contributed by atoms with Gasteiger partial charge in [0.1, 0.15) is 0 Å². The maximum absolute atomic E-state index is 12.9. The van der Waals surface area contributed by atoms with E-state index in [1.807, 2.05) is 37.3 Å². The number of aromatic nitrogens is 1. The highest BCUT2D eigenvalue weighted by Gasteiger charge is 2.32. The summed E-state index contributed by atoms with van der Waals surface area (Å²) in [7, 11) is 0. The average Bonchev–Trinajstić information content (AvgIpc) is 2.50. The van der Waals surface area contributed by atoms with Gasteiger partial charge in [0.2, 0.25) is 5.69 Å². The predicted octanol–water partition coefficient (Wildman–Crippen LogP) is 4.65. The standard InChI is InChI=1S/C17H13F3N2.ClH/c1-10-8-14(16(21)13-5-3-2-4-12(10)13)15-9-11(6-7-22-15)17(18,19)20;/h2-9H,21H2,1H3;1H/p+1. The zero-order valence-electron chi connectivity index (χ0n) is 12.2. The van der Waals surface area contributed by atoms with Crippen molar-refractivity contribution < 1.29 is 18.2 Å². The number of nitrogen functional groups attached to an aromatic ring is 1. The number of nitrogens with two attached hydrogens (primary N) is 1. The van der Waals surface area contributed by atoms with Gasteiger partial charge in [-0.3, -0.25) is 0 Å². The predicted molar refractivity (Wildman–Crippen MR) is 87.3 cm³/mol. The lowest BCUT2D eigenvalue weighted by Gasteiger charge is -2.10. The molecule has 0 saturated carbocycles. The van der Waals surface area contributed by atoms with Crippen LogP contribution >= 0.6 is 12.4 Å². The Morgan fingerprint density at radius 3 is 2.30 bits per heavy atom. The summed E-state index contributed by atoms with van der Waals surface area (Å²) in [6, 6.07) is 11.5. The number of aryl methyl sites for hydroxylation is 1. The first-order chi connectivity index (χ1) is 10.4. The molecular weight excluding hydrogens is 325 g/mol. The lowest BCUT2D eigenvalue weighted by atomic mass is 9.97. The molecular formula is C17H15ClF3N2+. The van der Waals surface area contributed by atoms with E-state index in [2.05, 4.69) is 4.98 Å². The zero-order valence-corrected chi connectivity index (χ0v) is 13.1. The molecule has 1 heterocycles. The highest BCUT2D eigenvalue weighted by atomic mass is 35.5. The number of anilines is 1. The van der Waals surface area contributed by atoms with Gasteiger partial charge in [0.05, 0.1) is 16.8 Å². The van der Waals surface area contributed by atoms with E-state index < -0.39 is 11.7 Å². The Hall–Kier alpha value is -2.27. The van der Waals surface area contributed by atoms with E-state index in [0.29, 0.717) is 16.9 Å². The molecule has 2 nitrogen and oxygen atoms in total. The topological polar surface area (TPSA) is 40.2 Å². The van der Waals surface area contributed by atoms with Crippen LogP contribution in [-0.2, 0) is 6.18 Å². The number of pyridine rings is 1.